The van der Waals surface area contributed by atoms with Crippen LogP contribution >= 0.6 is 0 Å². The minimum atomic E-state index is -0.306. The van der Waals surface area contributed by atoms with Crippen molar-refractivity contribution >= 4 is 11.8 Å². The quantitative estimate of drug-likeness (QED) is 0.609. The van der Waals surface area contributed by atoms with Crippen molar-refractivity contribution in [2.24, 2.45) is 5.92 Å². The number of ether oxygens (including phenoxy) is 1. The summed E-state index contributed by atoms with van der Waals surface area (Å²) in [6.45, 7) is 5.95. The summed E-state index contributed by atoms with van der Waals surface area (Å²) in [5.41, 5.74) is 1.35. The summed E-state index contributed by atoms with van der Waals surface area (Å²) in [7, 11) is 1.84. The molecule has 0 fully saturated rings. The third-order valence-corrected chi connectivity index (χ3v) is 6.31. The number of amides is 2. The van der Waals surface area contributed by atoms with Crippen molar-refractivity contribution in [1.29, 1.82) is 0 Å². The molecule has 0 bridgehead atoms. The van der Waals surface area contributed by atoms with E-state index in [2.05, 4.69) is 13.8 Å². The molecule has 2 amide bonds. The number of para-hydroxylation sites is 1. The van der Waals surface area contributed by atoms with Crippen molar-refractivity contribution in [1.82, 2.24) is 9.80 Å². The minimum Gasteiger partial charge on any atom is -0.491 e. The molecule has 0 aromatic heterocycles. The van der Waals surface area contributed by atoms with Gasteiger partial charge in [0, 0.05) is 20.1 Å². The maximum atomic E-state index is 13.4. The van der Waals surface area contributed by atoms with Crippen LogP contribution in [0.15, 0.2) is 48.5 Å². The Morgan fingerprint density at radius 1 is 1.03 bits per heavy atom. The third-order valence-electron chi connectivity index (χ3n) is 6.31. The highest BCUT2D eigenvalue weighted by atomic mass is 19.1. The van der Waals surface area contributed by atoms with Gasteiger partial charge in [-0.2, -0.15) is 0 Å². The smallest absolute Gasteiger partial charge is 0.257 e. The number of carbonyl (C=O) groups excluding carboxylic acids is 2. The van der Waals surface area contributed by atoms with Crippen LogP contribution in [0.25, 0.3) is 0 Å². The normalized spacial score (nSPS) is 18.3. The number of nitrogens with zero attached hydrogens (tertiary/aromatic N) is 2. The van der Waals surface area contributed by atoms with E-state index in [4.69, 9.17) is 4.74 Å². The Morgan fingerprint density at radius 2 is 1.71 bits per heavy atom. The summed E-state index contributed by atoms with van der Waals surface area (Å²) in [4.78, 5) is 30.2. The number of hydrogen-bond acceptors (Lipinski definition) is 3. The summed E-state index contributed by atoms with van der Waals surface area (Å²) in [6, 6.07) is 13.4. The SMILES string of the molecule is CC(C)C[C@H]1COc2ccccc2C(=O)N(C)CCCCCCN1C(=O)Cc1ccc(F)cc1. The van der Waals surface area contributed by atoms with E-state index in [9.17, 15) is 14.0 Å². The van der Waals surface area contributed by atoms with Crippen LogP contribution in [0.3, 0.4) is 0 Å². The van der Waals surface area contributed by atoms with E-state index in [0.29, 0.717) is 36.9 Å². The number of carbonyl (C=O) groups is 2. The summed E-state index contributed by atoms with van der Waals surface area (Å²) >= 11 is 0. The molecule has 0 radical (unpaired) electrons. The monoisotopic (exact) mass is 468 g/mol. The predicted octanol–water partition coefficient (Wildman–Crippen LogP) is 5.34. The average molecular weight is 469 g/mol. The number of halogens is 1. The van der Waals surface area contributed by atoms with E-state index in [0.717, 1.165) is 37.7 Å². The van der Waals surface area contributed by atoms with E-state index in [1.165, 1.54) is 12.1 Å². The zero-order valence-electron chi connectivity index (χ0n) is 20.6. The van der Waals surface area contributed by atoms with Gasteiger partial charge in [0.05, 0.1) is 18.0 Å². The first-order valence-corrected chi connectivity index (χ1v) is 12.4. The van der Waals surface area contributed by atoms with Crippen LogP contribution in [0.2, 0.25) is 0 Å². The Morgan fingerprint density at radius 3 is 2.41 bits per heavy atom. The molecule has 0 spiro atoms. The van der Waals surface area contributed by atoms with Gasteiger partial charge in [-0.3, -0.25) is 9.59 Å². The Hall–Kier alpha value is -2.89. The fraction of sp³-hybridized carbons (Fsp3) is 0.500. The maximum Gasteiger partial charge on any atom is 0.257 e. The van der Waals surface area contributed by atoms with Gasteiger partial charge in [-0.15, -0.1) is 0 Å². The van der Waals surface area contributed by atoms with Crippen molar-refractivity contribution in [3.8, 4) is 5.75 Å². The molecule has 1 aliphatic rings. The molecule has 1 atom stereocenters. The zero-order valence-corrected chi connectivity index (χ0v) is 20.6. The molecule has 2 aromatic rings. The van der Waals surface area contributed by atoms with Gasteiger partial charge in [-0.05, 0) is 55.0 Å². The van der Waals surface area contributed by atoms with Gasteiger partial charge in [-0.1, -0.05) is 51.0 Å². The molecule has 0 saturated carbocycles. The van der Waals surface area contributed by atoms with Crippen molar-refractivity contribution in [3.05, 3.63) is 65.5 Å². The molecular weight excluding hydrogens is 431 g/mol. The standard InChI is InChI=1S/C28H37FN2O3/c1-21(2)18-24-20-34-26-11-7-6-10-25(26)28(33)30(3)16-8-4-5-9-17-31(24)27(32)19-22-12-14-23(29)15-13-22/h6-7,10-15,21,24H,4-5,8-9,16-20H2,1-3H3/t24-/m0/s1. The molecule has 0 aliphatic carbocycles. The summed E-state index contributed by atoms with van der Waals surface area (Å²) in [6.07, 6.45) is 4.85. The average Bonchev–Trinajstić information content (AvgIpc) is 2.81. The van der Waals surface area contributed by atoms with Crippen molar-refractivity contribution < 1.29 is 18.7 Å². The van der Waals surface area contributed by atoms with Crippen LogP contribution in [0, 0.1) is 11.7 Å². The number of benzene rings is 2. The molecule has 0 unspecified atom stereocenters. The van der Waals surface area contributed by atoms with Gasteiger partial charge >= 0.3 is 0 Å². The first-order chi connectivity index (χ1) is 16.3. The van der Waals surface area contributed by atoms with Crippen LogP contribution in [-0.4, -0.2) is 54.4 Å². The van der Waals surface area contributed by atoms with E-state index in [1.54, 1.807) is 23.1 Å². The molecule has 1 heterocycles. The van der Waals surface area contributed by atoms with Crippen molar-refractivity contribution in [2.45, 2.75) is 58.4 Å². The molecule has 5 nitrogen and oxygen atoms in total. The van der Waals surface area contributed by atoms with Crippen LogP contribution in [0.4, 0.5) is 4.39 Å². The summed E-state index contributed by atoms with van der Waals surface area (Å²) in [5.74, 6) is 0.599. The molecule has 184 valence electrons. The molecular formula is C28H37FN2O3. The zero-order chi connectivity index (χ0) is 24.5. The lowest BCUT2D eigenvalue weighted by atomic mass is 10.0. The highest BCUT2D eigenvalue weighted by molar-refractivity contribution is 5.96. The van der Waals surface area contributed by atoms with Gasteiger partial charge < -0.3 is 14.5 Å². The lowest BCUT2D eigenvalue weighted by Crippen LogP contribution is -2.46. The van der Waals surface area contributed by atoms with Gasteiger partial charge in [0.25, 0.3) is 5.91 Å². The first kappa shape index (κ1) is 25.7. The molecule has 0 saturated heterocycles. The summed E-state index contributed by atoms with van der Waals surface area (Å²) in [5, 5.41) is 0. The second kappa shape index (κ2) is 12.5. The molecule has 6 heteroatoms. The molecule has 1 aliphatic heterocycles. The van der Waals surface area contributed by atoms with E-state index >= 15 is 0 Å². The van der Waals surface area contributed by atoms with Crippen LogP contribution in [-0.2, 0) is 11.2 Å². The van der Waals surface area contributed by atoms with Crippen LogP contribution in [0.1, 0.15) is 61.9 Å². The lowest BCUT2D eigenvalue weighted by molar-refractivity contribution is -0.134. The Bertz CT molecular complexity index is 945. The lowest BCUT2D eigenvalue weighted by Gasteiger charge is -2.34. The second-order valence-corrected chi connectivity index (χ2v) is 9.62. The first-order valence-electron chi connectivity index (χ1n) is 12.4. The van der Waals surface area contributed by atoms with Gasteiger partial charge in [0.2, 0.25) is 5.91 Å². The Labute approximate surface area is 202 Å². The van der Waals surface area contributed by atoms with Crippen molar-refractivity contribution in [3.63, 3.8) is 0 Å². The Kier molecular flexibility index (Phi) is 9.49. The van der Waals surface area contributed by atoms with Gasteiger partial charge in [-0.25, -0.2) is 4.39 Å². The van der Waals surface area contributed by atoms with E-state index < -0.39 is 0 Å². The predicted molar refractivity (Wildman–Crippen MR) is 132 cm³/mol. The molecule has 0 N–H and O–H groups in total. The van der Waals surface area contributed by atoms with Crippen LogP contribution in [0.5, 0.6) is 5.75 Å². The number of hydrogen-bond donors (Lipinski definition) is 0. The third kappa shape index (κ3) is 7.31. The topological polar surface area (TPSA) is 49.9 Å². The fourth-order valence-corrected chi connectivity index (χ4v) is 4.47. The highest BCUT2D eigenvalue weighted by Crippen LogP contribution is 2.23. The largest absolute Gasteiger partial charge is 0.491 e. The number of rotatable bonds is 4. The van der Waals surface area contributed by atoms with E-state index in [1.807, 2.05) is 30.1 Å². The maximum absolute atomic E-state index is 13.4. The fourth-order valence-electron chi connectivity index (χ4n) is 4.47. The molecule has 34 heavy (non-hydrogen) atoms. The van der Waals surface area contributed by atoms with Gasteiger partial charge in [0.15, 0.2) is 0 Å². The Balaban J connectivity index is 1.86. The molecule has 2 aromatic carbocycles. The van der Waals surface area contributed by atoms with Crippen LogP contribution < -0.4 is 4.74 Å². The minimum absolute atomic E-state index is 0.0250. The van der Waals surface area contributed by atoms with Gasteiger partial charge in [0.1, 0.15) is 18.2 Å². The van der Waals surface area contributed by atoms with Crippen molar-refractivity contribution in [2.75, 3.05) is 26.7 Å². The second-order valence-electron chi connectivity index (χ2n) is 9.62. The summed E-state index contributed by atoms with van der Waals surface area (Å²) < 4.78 is 19.6. The van der Waals surface area contributed by atoms with E-state index in [-0.39, 0.29) is 30.1 Å². The number of fused-ring (bicyclic) bond motifs is 1. The molecule has 3 rings (SSSR count). The highest BCUT2D eigenvalue weighted by Gasteiger charge is 2.26.